The summed E-state index contributed by atoms with van der Waals surface area (Å²) in [4.78, 5) is 0. The van der Waals surface area contributed by atoms with Crippen LogP contribution < -0.4 is 10.1 Å². The first-order chi connectivity index (χ1) is 9.69. The SMILES string of the molecule is CCNCc1ccc(OCc2ccn(C(C)C)n2)cc1. The van der Waals surface area contributed by atoms with Crippen molar-refractivity contribution in [2.24, 2.45) is 0 Å². The Bertz CT molecular complexity index is 517. The summed E-state index contributed by atoms with van der Waals surface area (Å²) in [7, 11) is 0. The van der Waals surface area contributed by atoms with Crippen LogP contribution in [0.3, 0.4) is 0 Å². The molecule has 0 amide bonds. The molecule has 2 rings (SSSR count). The van der Waals surface area contributed by atoms with Crippen LogP contribution in [0.15, 0.2) is 36.5 Å². The second kappa shape index (κ2) is 7.10. The highest BCUT2D eigenvalue weighted by Crippen LogP contribution is 2.14. The smallest absolute Gasteiger partial charge is 0.132 e. The lowest BCUT2D eigenvalue weighted by Gasteiger charge is -2.07. The minimum atomic E-state index is 0.383. The van der Waals surface area contributed by atoms with Crippen LogP contribution in [0.5, 0.6) is 5.75 Å². The van der Waals surface area contributed by atoms with Gasteiger partial charge in [0.05, 0.1) is 5.69 Å². The van der Waals surface area contributed by atoms with Crippen LogP contribution in [-0.2, 0) is 13.2 Å². The zero-order chi connectivity index (χ0) is 14.4. The van der Waals surface area contributed by atoms with Crippen molar-refractivity contribution in [1.82, 2.24) is 15.1 Å². The molecule has 0 radical (unpaired) electrons. The zero-order valence-electron chi connectivity index (χ0n) is 12.5. The molecule has 0 aliphatic heterocycles. The van der Waals surface area contributed by atoms with Gasteiger partial charge in [-0.3, -0.25) is 4.68 Å². The Labute approximate surface area is 120 Å². The first-order valence-electron chi connectivity index (χ1n) is 7.15. The Morgan fingerprint density at radius 1 is 1.20 bits per heavy atom. The highest BCUT2D eigenvalue weighted by atomic mass is 16.5. The van der Waals surface area contributed by atoms with E-state index < -0.39 is 0 Å². The molecule has 0 spiro atoms. The monoisotopic (exact) mass is 273 g/mol. The summed E-state index contributed by atoms with van der Waals surface area (Å²) < 4.78 is 7.69. The molecule has 0 unspecified atom stereocenters. The van der Waals surface area contributed by atoms with Gasteiger partial charge in [-0.1, -0.05) is 19.1 Å². The van der Waals surface area contributed by atoms with E-state index in [1.807, 2.05) is 29.1 Å². The van der Waals surface area contributed by atoms with Gasteiger partial charge in [-0.2, -0.15) is 5.10 Å². The Balaban J connectivity index is 1.86. The lowest BCUT2D eigenvalue weighted by molar-refractivity contribution is 0.298. The Morgan fingerprint density at radius 3 is 2.55 bits per heavy atom. The van der Waals surface area contributed by atoms with Crippen LogP contribution in [0.25, 0.3) is 0 Å². The van der Waals surface area contributed by atoms with Crippen molar-refractivity contribution in [3.63, 3.8) is 0 Å². The van der Waals surface area contributed by atoms with E-state index in [-0.39, 0.29) is 0 Å². The van der Waals surface area contributed by atoms with Crippen molar-refractivity contribution in [3.05, 3.63) is 47.8 Å². The predicted octanol–water partition coefficient (Wildman–Crippen LogP) is 3.15. The number of benzene rings is 1. The van der Waals surface area contributed by atoms with E-state index in [0.717, 1.165) is 24.5 Å². The van der Waals surface area contributed by atoms with Gasteiger partial charge >= 0.3 is 0 Å². The maximum Gasteiger partial charge on any atom is 0.132 e. The molecule has 1 aromatic carbocycles. The number of nitrogens with one attached hydrogen (secondary N) is 1. The van der Waals surface area contributed by atoms with Gasteiger partial charge in [0.25, 0.3) is 0 Å². The van der Waals surface area contributed by atoms with Crippen LogP contribution >= 0.6 is 0 Å². The van der Waals surface area contributed by atoms with Crippen molar-refractivity contribution in [1.29, 1.82) is 0 Å². The molecule has 0 fully saturated rings. The molecule has 1 aromatic heterocycles. The van der Waals surface area contributed by atoms with Gasteiger partial charge in [0, 0.05) is 18.8 Å². The van der Waals surface area contributed by atoms with E-state index in [0.29, 0.717) is 12.6 Å². The van der Waals surface area contributed by atoms with Crippen molar-refractivity contribution < 1.29 is 4.74 Å². The van der Waals surface area contributed by atoms with Crippen molar-refractivity contribution in [2.75, 3.05) is 6.54 Å². The number of nitrogens with zero attached hydrogens (tertiary/aromatic N) is 2. The van der Waals surface area contributed by atoms with Gasteiger partial charge in [-0.25, -0.2) is 0 Å². The maximum absolute atomic E-state index is 5.75. The fourth-order valence-electron chi connectivity index (χ4n) is 1.87. The van der Waals surface area contributed by atoms with Gasteiger partial charge < -0.3 is 10.1 Å². The van der Waals surface area contributed by atoms with Crippen molar-refractivity contribution in [3.8, 4) is 5.75 Å². The fourth-order valence-corrected chi connectivity index (χ4v) is 1.87. The zero-order valence-corrected chi connectivity index (χ0v) is 12.5. The largest absolute Gasteiger partial charge is 0.487 e. The lowest BCUT2D eigenvalue weighted by atomic mass is 10.2. The standard InChI is InChI=1S/C16H23N3O/c1-4-17-11-14-5-7-16(8-6-14)20-12-15-9-10-19(18-15)13(2)3/h5-10,13,17H,4,11-12H2,1-3H3. The quantitative estimate of drug-likeness (QED) is 0.842. The molecule has 2 aromatic rings. The second-order valence-electron chi connectivity index (χ2n) is 5.09. The summed E-state index contributed by atoms with van der Waals surface area (Å²) >= 11 is 0. The minimum absolute atomic E-state index is 0.383. The third-order valence-electron chi connectivity index (χ3n) is 3.08. The van der Waals surface area contributed by atoms with Gasteiger partial charge in [-0.05, 0) is 44.2 Å². The molecule has 0 atom stereocenters. The molecule has 108 valence electrons. The highest BCUT2D eigenvalue weighted by molar-refractivity contribution is 5.27. The fraction of sp³-hybridized carbons (Fsp3) is 0.438. The van der Waals surface area contributed by atoms with Gasteiger partial charge in [0.15, 0.2) is 0 Å². The van der Waals surface area contributed by atoms with E-state index in [2.05, 4.69) is 43.3 Å². The van der Waals surface area contributed by atoms with Crippen LogP contribution in [0.1, 0.15) is 38.1 Å². The number of hydrogen-bond donors (Lipinski definition) is 1. The molecule has 0 aliphatic carbocycles. The number of hydrogen-bond acceptors (Lipinski definition) is 3. The molecule has 0 bridgehead atoms. The normalized spacial score (nSPS) is 11.0. The van der Waals surface area contributed by atoms with E-state index in [1.54, 1.807) is 0 Å². The number of rotatable bonds is 7. The van der Waals surface area contributed by atoms with Gasteiger partial charge in [0.2, 0.25) is 0 Å². The van der Waals surface area contributed by atoms with E-state index in [4.69, 9.17) is 4.74 Å². The molecule has 1 N–H and O–H groups in total. The topological polar surface area (TPSA) is 39.1 Å². The van der Waals surface area contributed by atoms with Gasteiger partial charge in [0.1, 0.15) is 12.4 Å². The minimum Gasteiger partial charge on any atom is -0.487 e. The van der Waals surface area contributed by atoms with E-state index in [9.17, 15) is 0 Å². The summed E-state index contributed by atoms with van der Waals surface area (Å²) in [6, 6.07) is 10.6. The lowest BCUT2D eigenvalue weighted by Crippen LogP contribution is -2.11. The third kappa shape index (κ3) is 4.10. The first kappa shape index (κ1) is 14.6. The maximum atomic E-state index is 5.75. The summed E-state index contributed by atoms with van der Waals surface area (Å²) in [5.41, 5.74) is 2.22. The van der Waals surface area contributed by atoms with Crippen LogP contribution in [0.4, 0.5) is 0 Å². The first-order valence-corrected chi connectivity index (χ1v) is 7.15. The summed E-state index contributed by atoms with van der Waals surface area (Å²) in [6.07, 6.45) is 1.99. The molecule has 0 saturated heterocycles. The third-order valence-corrected chi connectivity index (χ3v) is 3.08. The number of ether oxygens (including phenoxy) is 1. The van der Waals surface area contributed by atoms with Crippen molar-refractivity contribution in [2.45, 2.75) is 40.0 Å². The number of aromatic nitrogens is 2. The Kier molecular flexibility index (Phi) is 5.18. The van der Waals surface area contributed by atoms with E-state index in [1.165, 1.54) is 5.56 Å². The molecule has 4 heteroatoms. The predicted molar refractivity (Wildman–Crippen MR) is 80.8 cm³/mol. The molecule has 1 heterocycles. The highest BCUT2D eigenvalue weighted by Gasteiger charge is 2.03. The average molecular weight is 273 g/mol. The van der Waals surface area contributed by atoms with Crippen LogP contribution in [0, 0.1) is 0 Å². The Morgan fingerprint density at radius 2 is 1.95 bits per heavy atom. The van der Waals surface area contributed by atoms with Crippen LogP contribution in [0.2, 0.25) is 0 Å². The molecule has 4 nitrogen and oxygen atoms in total. The summed E-state index contributed by atoms with van der Waals surface area (Å²) in [5, 5.41) is 7.77. The van der Waals surface area contributed by atoms with E-state index >= 15 is 0 Å². The molecular weight excluding hydrogens is 250 g/mol. The summed E-state index contributed by atoms with van der Waals surface area (Å²) in [5.74, 6) is 0.879. The molecular formula is C16H23N3O. The van der Waals surface area contributed by atoms with Gasteiger partial charge in [-0.15, -0.1) is 0 Å². The van der Waals surface area contributed by atoms with Crippen molar-refractivity contribution >= 4 is 0 Å². The van der Waals surface area contributed by atoms with Crippen LogP contribution in [-0.4, -0.2) is 16.3 Å². The molecule has 0 saturated carbocycles. The average Bonchev–Trinajstić information content (AvgIpc) is 2.93. The second-order valence-corrected chi connectivity index (χ2v) is 5.09. The molecule has 20 heavy (non-hydrogen) atoms. The Hall–Kier alpha value is -1.81. The summed E-state index contributed by atoms with van der Waals surface area (Å²) in [6.45, 7) is 8.72. The molecule has 0 aliphatic rings.